The van der Waals surface area contributed by atoms with E-state index in [1.54, 1.807) is 60.8 Å². The lowest BCUT2D eigenvalue weighted by molar-refractivity contribution is 0.0696. The first-order chi connectivity index (χ1) is 13.5. The second-order valence-electron chi connectivity index (χ2n) is 5.81. The first-order valence-electron chi connectivity index (χ1n) is 8.31. The van der Waals surface area contributed by atoms with Crippen LogP contribution in [-0.4, -0.2) is 23.2 Å². The first-order valence-corrected chi connectivity index (χ1v) is 8.69. The van der Waals surface area contributed by atoms with E-state index in [2.05, 4.69) is 15.8 Å². The van der Waals surface area contributed by atoms with Crippen molar-refractivity contribution in [3.8, 4) is 0 Å². The van der Waals surface area contributed by atoms with E-state index in [9.17, 15) is 9.59 Å². The molecule has 0 aliphatic rings. The van der Waals surface area contributed by atoms with Crippen LogP contribution in [0.15, 0.2) is 77.9 Å². The topological polar surface area (TPSA) is 90.8 Å². The molecule has 0 fully saturated rings. The predicted molar refractivity (Wildman–Crippen MR) is 110 cm³/mol. The lowest BCUT2D eigenvalue weighted by atomic mass is 10.2. The molecule has 28 heavy (non-hydrogen) atoms. The lowest BCUT2D eigenvalue weighted by Gasteiger charge is -2.07. The number of aromatic carboxylic acids is 1. The molecule has 0 spiro atoms. The average molecular weight is 394 g/mol. The maximum Gasteiger partial charge on any atom is 0.335 e. The van der Waals surface area contributed by atoms with Gasteiger partial charge in [0.25, 0.3) is 5.91 Å². The number of nitrogens with one attached hydrogen (secondary N) is 2. The zero-order valence-corrected chi connectivity index (χ0v) is 15.4. The lowest BCUT2D eigenvalue weighted by Crippen LogP contribution is -2.12. The Morgan fingerprint density at radius 2 is 1.68 bits per heavy atom. The van der Waals surface area contributed by atoms with Crippen molar-refractivity contribution in [2.24, 2.45) is 5.10 Å². The molecule has 0 aromatic heterocycles. The van der Waals surface area contributed by atoms with Gasteiger partial charge in [-0.25, -0.2) is 4.79 Å². The number of rotatable bonds is 6. The van der Waals surface area contributed by atoms with Crippen molar-refractivity contribution >= 4 is 41.1 Å². The van der Waals surface area contributed by atoms with E-state index < -0.39 is 5.97 Å². The predicted octanol–water partition coefficient (Wildman–Crippen LogP) is 4.74. The number of hydrogen-bond donors (Lipinski definition) is 3. The van der Waals surface area contributed by atoms with E-state index in [1.165, 1.54) is 12.1 Å². The maximum absolute atomic E-state index is 12.3. The van der Waals surface area contributed by atoms with Gasteiger partial charge in [-0.3, -0.25) is 10.2 Å². The molecule has 3 rings (SSSR count). The Hall–Kier alpha value is -3.64. The molecular weight excluding hydrogens is 378 g/mol. The molecule has 0 aliphatic heterocycles. The third-order valence-corrected chi connectivity index (χ3v) is 4.13. The quantitative estimate of drug-likeness (QED) is 0.417. The second kappa shape index (κ2) is 8.83. The number of benzene rings is 3. The Kier molecular flexibility index (Phi) is 6.04. The van der Waals surface area contributed by atoms with Gasteiger partial charge in [0.15, 0.2) is 0 Å². The summed E-state index contributed by atoms with van der Waals surface area (Å²) in [5.74, 6) is -1.28. The molecule has 140 valence electrons. The molecule has 0 atom stereocenters. The number of nitrogens with zero attached hydrogens (tertiary/aromatic N) is 1. The van der Waals surface area contributed by atoms with Crippen LogP contribution in [0.2, 0.25) is 5.02 Å². The van der Waals surface area contributed by atoms with Crippen LogP contribution in [0, 0.1) is 0 Å². The first kappa shape index (κ1) is 19.1. The zero-order valence-electron chi connectivity index (χ0n) is 14.6. The Bertz CT molecular complexity index is 1030. The number of anilines is 2. The summed E-state index contributed by atoms with van der Waals surface area (Å²) in [5, 5.41) is 16.2. The summed E-state index contributed by atoms with van der Waals surface area (Å²) in [4.78, 5) is 23.2. The molecule has 0 heterocycles. The van der Waals surface area contributed by atoms with Gasteiger partial charge in [-0.1, -0.05) is 35.9 Å². The van der Waals surface area contributed by atoms with Crippen LogP contribution in [0.5, 0.6) is 0 Å². The van der Waals surface area contributed by atoms with Crippen LogP contribution in [0.25, 0.3) is 0 Å². The van der Waals surface area contributed by atoms with Gasteiger partial charge in [0.05, 0.1) is 28.1 Å². The van der Waals surface area contributed by atoms with Crippen molar-refractivity contribution in [1.82, 2.24) is 0 Å². The third-order valence-electron chi connectivity index (χ3n) is 3.80. The van der Waals surface area contributed by atoms with Gasteiger partial charge in [0, 0.05) is 5.69 Å². The van der Waals surface area contributed by atoms with Gasteiger partial charge in [-0.15, -0.1) is 0 Å². The SMILES string of the molecule is O=C(O)c1ccc(N/N=C/c2cccc(NC(=O)c3ccccc3Cl)c2)cc1. The molecule has 0 bridgehead atoms. The van der Waals surface area contributed by atoms with Gasteiger partial charge >= 0.3 is 5.97 Å². The highest BCUT2D eigenvalue weighted by atomic mass is 35.5. The van der Waals surface area contributed by atoms with Gasteiger partial charge < -0.3 is 10.4 Å². The van der Waals surface area contributed by atoms with Gasteiger partial charge in [-0.2, -0.15) is 5.10 Å². The summed E-state index contributed by atoms with van der Waals surface area (Å²) in [6.45, 7) is 0. The van der Waals surface area contributed by atoms with Crippen LogP contribution in [0.3, 0.4) is 0 Å². The molecule has 0 unspecified atom stereocenters. The molecule has 0 aliphatic carbocycles. The molecule has 0 saturated carbocycles. The summed E-state index contributed by atoms with van der Waals surface area (Å²) in [6, 6.07) is 20.2. The van der Waals surface area contributed by atoms with E-state index in [0.29, 0.717) is 22.0 Å². The molecule has 3 aromatic carbocycles. The minimum atomic E-state index is -0.981. The number of carbonyl (C=O) groups is 2. The highest BCUT2D eigenvalue weighted by molar-refractivity contribution is 6.34. The van der Waals surface area contributed by atoms with Crippen LogP contribution in [-0.2, 0) is 0 Å². The fourth-order valence-corrected chi connectivity index (χ4v) is 2.63. The van der Waals surface area contributed by atoms with Crippen molar-refractivity contribution in [1.29, 1.82) is 0 Å². The number of carbonyl (C=O) groups excluding carboxylic acids is 1. The van der Waals surface area contributed by atoms with E-state index in [0.717, 1.165) is 5.56 Å². The smallest absolute Gasteiger partial charge is 0.335 e. The van der Waals surface area contributed by atoms with E-state index >= 15 is 0 Å². The van der Waals surface area contributed by atoms with Crippen LogP contribution in [0.4, 0.5) is 11.4 Å². The molecular formula is C21H16ClN3O3. The molecule has 7 heteroatoms. The minimum absolute atomic E-state index is 0.205. The fraction of sp³-hybridized carbons (Fsp3) is 0. The minimum Gasteiger partial charge on any atom is -0.478 e. The third kappa shape index (κ3) is 4.96. The largest absolute Gasteiger partial charge is 0.478 e. The Morgan fingerprint density at radius 1 is 0.929 bits per heavy atom. The normalized spacial score (nSPS) is 10.6. The average Bonchev–Trinajstić information content (AvgIpc) is 2.69. The molecule has 0 radical (unpaired) electrons. The molecule has 0 saturated heterocycles. The van der Waals surface area contributed by atoms with Gasteiger partial charge in [0.2, 0.25) is 0 Å². The molecule has 6 nitrogen and oxygen atoms in total. The van der Waals surface area contributed by atoms with E-state index in [-0.39, 0.29) is 11.5 Å². The van der Waals surface area contributed by atoms with Crippen molar-refractivity contribution in [2.75, 3.05) is 10.7 Å². The number of hydrogen-bond acceptors (Lipinski definition) is 4. The molecule has 3 N–H and O–H groups in total. The number of amides is 1. The fourth-order valence-electron chi connectivity index (χ4n) is 2.41. The number of halogens is 1. The van der Waals surface area contributed by atoms with Crippen LogP contribution in [0.1, 0.15) is 26.3 Å². The van der Waals surface area contributed by atoms with Crippen LogP contribution < -0.4 is 10.7 Å². The van der Waals surface area contributed by atoms with Crippen molar-refractivity contribution in [3.63, 3.8) is 0 Å². The summed E-state index contributed by atoms with van der Waals surface area (Å²) >= 11 is 6.05. The summed E-state index contributed by atoms with van der Waals surface area (Å²) in [6.07, 6.45) is 1.59. The van der Waals surface area contributed by atoms with Crippen molar-refractivity contribution in [2.45, 2.75) is 0 Å². The van der Waals surface area contributed by atoms with Crippen LogP contribution >= 0.6 is 11.6 Å². The molecule has 1 amide bonds. The second-order valence-corrected chi connectivity index (χ2v) is 6.22. The Labute approximate surface area is 166 Å². The zero-order chi connectivity index (χ0) is 19.9. The summed E-state index contributed by atoms with van der Waals surface area (Å²) in [7, 11) is 0. The van der Waals surface area contributed by atoms with Crippen molar-refractivity contribution < 1.29 is 14.7 Å². The number of hydrazone groups is 1. The highest BCUT2D eigenvalue weighted by Gasteiger charge is 2.09. The monoisotopic (exact) mass is 393 g/mol. The van der Waals surface area contributed by atoms with E-state index in [1.807, 2.05) is 6.07 Å². The number of carboxylic acid groups (broad SMARTS) is 1. The molecule has 3 aromatic rings. The number of carboxylic acids is 1. The summed E-state index contributed by atoms with van der Waals surface area (Å²) < 4.78 is 0. The maximum atomic E-state index is 12.3. The van der Waals surface area contributed by atoms with E-state index in [4.69, 9.17) is 16.7 Å². The Balaban J connectivity index is 1.64. The summed E-state index contributed by atoms with van der Waals surface area (Å²) in [5.41, 5.74) is 5.47. The van der Waals surface area contributed by atoms with Gasteiger partial charge in [-0.05, 0) is 54.1 Å². The highest BCUT2D eigenvalue weighted by Crippen LogP contribution is 2.17. The van der Waals surface area contributed by atoms with Gasteiger partial charge in [0.1, 0.15) is 0 Å². The Morgan fingerprint density at radius 3 is 2.39 bits per heavy atom. The van der Waals surface area contributed by atoms with Crippen molar-refractivity contribution in [3.05, 3.63) is 94.5 Å². The standard InChI is InChI=1S/C21H16ClN3O3/c22-19-7-2-1-6-18(19)20(26)24-17-5-3-4-14(12-17)13-23-25-16-10-8-15(9-11-16)21(27)28/h1-13,25H,(H,24,26)(H,27,28)/b23-13+.